The molecule has 2 amide bonds. The minimum Gasteiger partial charge on any atom is -0.444 e. The number of ether oxygens (including phenoxy) is 1. The number of benzene rings is 1. The third-order valence-corrected chi connectivity index (χ3v) is 5.68. The predicted molar refractivity (Wildman–Crippen MR) is 129 cm³/mol. The number of anilines is 2. The number of amides is 2. The van der Waals surface area contributed by atoms with E-state index >= 15 is 0 Å². The number of nitrogens with one attached hydrogen (secondary N) is 1. The van der Waals surface area contributed by atoms with E-state index in [-0.39, 0.29) is 17.5 Å². The van der Waals surface area contributed by atoms with Crippen LogP contribution in [0.2, 0.25) is 0 Å². The number of para-hydroxylation sites is 1. The highest BCUT2D eigenvalue weighted by Crippen LogP contribution is 2.34. The second kappa shape index (κ2) is 9.71. The van der Waals surface area contributed by atoms with E-state index in [9.17, 15) is 22.8 Å². The fourth-order valence-electron chi connectivity index (χ4n) is 4.00. The van der Waals surface area contributed by atoms with Crippen LogP contribution in [0, 0.1) is 0 Å². The van der Waals surface area contributed by atoms with Gasteiger partial charge in [0.15, 0.2) is 0 Å². The summed E-state index contributed by atoms with van der Waals surface area (Å²) in [5, 5.41) is 6.95. The van der Waals surface area contributed by atoms with Crippen molar-refractivity contribution in [2.24, 2.45) is 0 Å². The minimum absolute atomic E-state index is 0.106. The van der Waals surface area contributed by atoms with Crippen molar-refractivity contribution < 1.29 is 27.5 Å². The van der Waals surface area contributed by atoms with Crippen molar-refractivity contribution in [3.63, 3.8) is 0 Å². The summed E-state index contributed by atoms with van der Waals surface area (Å²) < 4.78 is 46.9. The van der Waals surface area contributed by atoms with Crippen LogP contribution < -0.4 is 10.2 Å². The van der Waals surface area contributed by atoms with Gasteiger partial charge in [-0.3, -0.25) is 4.79 Å². The van der Waals surface area contributed by atoms with Crippen molar-refractivity contribution >= 4 is 29.0 Å². The zero-order valence-electron chi connectivity index (χ0n) is 20.3. The lowest BCUT2D eigenvalue weighted by atomic mass is 10.1. The second-order valence-electron chi connectivity index (χ2n) is 9.55. The van der Waals surface area contributed by atoms with E-state index < -0.39 is 23.2 Å². The monoisotopic (exact) mass is 503 g/mol. The molecule has 2 aromatic heterocycles. The molecule has 1 saturated heterocycles. The molecule has 1 aromatic carbocycles. The highest BCUT2D eigenvalue weighted by atomic mass is 19.4. The highest BCUT2D eigenvalue weighted by Gasteiger charge is 2.34. The largest absolute Gasteiger partial charge is 0.444 e. The average molecular weight is 504 g/mol. The van der Waals surface area contributed by atoms with Crippen molar-refractivity contribution in [1.82, 2.24) is 14.5 Å². The molecule has 4 rings (SSSR count). The Kier molecular flexibility index (Phi) is 6.83. The predicted octanol–water partition coefficient (Wildman–Crippen LogP) is 5.05. The first kappa shape index (κ1) is 25.3. The Labute approximate surface area is 206 Å². The van der Waals surface area contributed by atoms with Gasteiger partial charge in [-0.1, -0.05) is 12.1 Å². The topological polar surface area (TPSA) is 79.2 Å². The summed E-state index contributed by atoms with van der Waals surface area (Å²) in [6, 6.07) is 11.6. The maximum absolute atomic E-state index is 13.3. The number of nitrogens with zero attached hydrogens (tertiary/aromatic N) is 4. The zero-order valence-corrected chi connectivity index (χ0v) is 20.3. The number of halogens is 3. The Balaban J connectivity index is 1.53. The van der Waals surface area contributed by atoms with Crippen molar-refractivity contribution in [1.29, 1.82) is 0 Å². The maximum atomic E-state index is 13.3. The highest BCUT2D eigenvalue weighted by molar-refractivity contribution is 6.04. The molecule has 0 unspecified atom stereocenters. The smallest absolute Gasteiger partial charge is 0.418 e. The van der Waals surface area contributed by atoms with Crippen LogP contribution in [0.15, 0.2) is 48.5 Å². The number of aromatic nitrogens is 2. The molecule has 0 radical (unpaired) electrons. The van der Waals surface area contributed by atoms with Crippen molar-refractivity contribution in [3.8, 4) is 0 Å². The number of alkyl halides is 3. The first-order valence-corrected chi connectivity index (χ1v) is 11.6. The summed E-state index contributed by atoms with van der Waals surface area (Å²) in [7, 11) is 0. The molecule has 0 bridgehead atoms. The third kappa shape index (κ3) is 5.72. The molecular formula is C25H28F3N5O3. The summed E-state index contributed by atoms with van der Waals surface area (Å²) in [5.74, 6) is -0.113. The van der Waals surface area contributed by atoms with Crippen molar-refractivity contribution in [2.45, 2.75) is 39.0 Å². The number of hydrogen-bond donors (Lipinski definition) is 1. The van der Waals surface area contributed by atoms with E-state index in [1.54, 1.807) is 17.0 Å². The molecule has 3 aromatic rings. The van der Waals surface area contributed by atoms with Crippen LogP contribution in [-0.4, -0.2) is 58.3 Å². The molecule has 0 saturated carbocycles. The second-order valence-corrected chi connectivity index (χ2v) is 9.55. The van der Waals surface area contributed by atoms with Gasteiger partial charge in [-0.15, -0.1) is 5.10 Å². The Bertz CT molecular complexity index is 1270. The molecule has 36 heavy (non-hydrogen) atoms. The number of carbonyl (C=O) groups excluding carboxylic acids is 2. The quantitative estimate of drug-likeness (QED) is 0.541. The molecule has 8 nitrogen and oxygen atoms in total. The summed E-state index contributed by atoms with van der Waals surface area (Å²) in [6.07, 6.45) is -4.26. The Morgan fingerprint density at radius 2 is 1.67 bits per heavy atom. The Morgan fingerprint density at radius 3 is 2.39 bits per heavy atom. The van der Waals surface area contributed by atoms with Gasteiger partial charge in [-0.05, 0) is 63.6 Å². The molecule has 1 aliphatic heterocycles. The molecule has 192 valence electrons. The minimum atomic E-state index is -4.60. The SMILES string of the molecule is CC(C)(C)OC(=O)N1CCCN(c2ccc3ccc(C(=O)Nc4ccccc4C(F)(F)F)n3n2)CC1. The lowest BCUT2D eigenvalue weighted by Gasteiger charge is -2.26. The number of carbonyl (C=O) groups is 2. The van der Waals surface area contributed by atoms with Gasteiger partial charge in [-0.25, -0.2) is 9.31 Å². The Hall–Kier alpha value is -3.76. The van der Waals surface area contributed by atoms with Crippen LogP contribution in [0.25, 0.3) is 5.52 Å². The molecule has 0 spiro atoms. The fraction of sp³-hybridized carbons (Fsp3) is 0.400. The van der Waals surface area contributed by atoms with Crippen LogP contribution in [0.4, 0.5) is 29.5 Å². The summed E-state index contributed by atoms with van der Waals surface area (Å²) in [6.45, 7) is 7.60. The number of hydrogen-bond acceptors (Lipinski definition) is 5. The first-order valence-electron chi connectivity index (χ1n) is 11.6. The van der Waals surface area contributed by atoms with Gasteiger partial charge in [0, 0.05) is 26.2 Å². The zero-order chi connectivity index (χ0) is 26.1. The Morgan fingerprint density at radius 1 is 0.944 bits per heavy atom. The van der Waals surface area contributed by atoms with Crippen molar-refractivity contribution in [2.75, 3.05) is 36.4 Å². The molecule has 11 heteroatoms. The molecule has 0 atom stereocenters. The average Bonchev–Trinajstić information content (AvgIpc) is 3.05. The molecule has 0 aliphatic carbocycles. The number of fused-ring (bicyclic) bond motifs is 1. The van der Waals surface area contributed by atoms with Gasteiger partial charge in [0.25, 0.3) is 5.91 Å². The molecule has 1 fully saturated rings. The summed E-state index contributed by atoms with van der Waals surface area (Å²) >= 11 is 0. The van der Waals surface area contributed by atoms with Gasteiger partial charge < -0.3 is 19.9 Å². The van der Waals surface area contributed by atoms with Crippen LogP contribution in [0.3, 0.4) is 0 Å². The fourth-order valence-corrected chi connectivity index (χ4v) is 4.00. The van der Waals surface area contributed by atoms with Gasteiger partial charge in [0.2, 0.25) is 0 Å². The van der Waals surface area contributed by atoms with E-state index in [1.165, 1.54) is 28.8 Å². The van der Waals surface area contributed by atoms with E-state index in [1.807, 2.05) is 31.7 Å². The van der Waals surface area contributed by atoms with E-state index in [2.05, 4.69) is 10.4 Å². The van der Waals surface area contributed by atoms with Crippen LogP contribution >= 0.6 is 0 Å². The number of rotatable bonds is 3. The van der Waals surface area contributed by atoms with Gasteiger partial charge >= 0.3 is 12.3 Å². The van der Waals surface area contributed by atoms with Crippen molar-refractivity contribution in [3.05, 3.63) is 59.8 Å². The molecule has 1 aliphatic rings. The van der Waals surface area contributed by atoms with E-state index in [4.69, 9.17) is 4.74 Å². The molecule has 3 heterocycles. The normalized spacial score (nSPS) is 15.1. The van der Waals surface area contributed by atoms with E-state index in [0.717, 1.165) is 6.07 Å². The van der Waals surface area contributed by atoms with Gasteiger partial charge in [0.05, 0.1) is 16.8 Å². The van der Waals surface area contributed by atoms with Crippen LogP contribution in [0.1, 0.15) is 43.2 Å². The molecular weight excluding hydrogens is 475 g/mol. The first-order chi connectivity index (χ1) is 16.9. The van der Waals surface area contributed by atoms with Gasteiger partial charge in [-0.2, -0.15) is 13.2 Å². The van der Waals surface area contributed by atoms with Gasteiger partial charge in [0.1, 0.15) is 17.1 Å². The standard InChI is InChI=1S/C25H28F3N5O3/c1-24(2,3)36-23(35)32-14-6-13-31(15-16-32)21-12-10-17-9-11-20(33(17)30-21)22(34)29-19-8-5-4-7-18(19)25(26,27)28/h4-5,7-12H,6,13-16H2,1-3H3,(H,29,34). The van der Waals surface area contributed by atoms with E-state index in [0.29, 0.717) is 43.9 Å². The summed E-state index contributed by atoms with van der Waals surface area (Å²) in [5.41, 5.74) is -1.10. The van der Waals surface area contributed by atoms with Crippen LogP contribution in [0.5, 0.6) is 0 Å². The lowest BCUT2D eigenvalue weighted by Crippen LogP contribution is -2.39. The molecule has 1 N–H and O–H groups in total. The maximum Gasteiger partial charge on any atom is 0.418 e. The lowest BCUT2D eigenvalue weighted by molar-refractivity contribution is -0.136. The summed E-state index contributed by atoms with van der Waals surface area (Å²) in [4.78, 5) is 29.1. The third-order valence-electron chi connectivity index (χ3n) is 5.68. The van der Waals surface area contributed by atoms with Crippen LogP contribution in [-0.2, 0) is 10.9 Å².